The van der Waals surface area contributed by atoms with Gasteiger partial charge in [0.05, 0.1) is 0 Å². The maximum Gasteiger partial charge on any atom is 0.163 e. The van der Waals surface area contributed by atoms with Crippen LogP contribution in [0.3, 0.4) is 0 Å². The molecule has 0 fully saturated rings. The number of rotatable bonds is 3. The topological polar surface area (TPSA) is 17.1 Å². The van der Waals surface area contributed by atoms with E-state index >= 15 is 0 Å². The lowest BCUT2D eigenvalue weighted by Gasteiger charge is -2.14. The summed E-state index contributed by atoms with van der Waals surface area (Å²) in [6, 6.07) is 12.4. The molecule has 0 saturated carbocycles. The monoisotopic (exact) mass is 276 g/mol. The minimum absolute atomic E-state index is 0.228. The average Bonchev–Trinajstić information content (AvgIpc) is 2.85. The van der Waals surface area contributed by atoms with E-state index in [-0.39, 0.29) is 5.78 Å². The summed E-state index contributed by atoms with van der Waals surface area (Å²) < 4.78 is 0. The Morgan fingerprint density at radius 1 is 1.10 bits per heavy atom. The molecule has 1 heteroatoms. The zero-order chi connectivity index (χ0) is 15.0. The fourth-order valence-electron chi connectivity index (χ4n) is 3.11. The lowest BCUT2D eigenvalue weighted by atomic mass is 9.89. The predicted octanol–water partition coefficient (Wildman–Crippen LogP) is 5.56. The maximum atomic E-state index is 12.6. The lowest BCUT2D eigenvalue weighted by Crippen LogP contribution is -2.03. The third-order valence-corrected chi connectivity index (χ3v) is 4.51. The molecular formula is C20H20O. The summed E-state index contributed by atoms with van der Waals surface area (Å²) in [5.74, 6) is 0.228. The van der Waals surface area contributed by atoms with Gasteiger partial charge in [-0.1, -0.05) is 55.0 Å². The maximum absolute atomic E-state index is 12.6. The molecule has 21 heavy (non-hydrogen) atoms. The van der Waals surface area contributed by atoms with Crippen molar-refractivity contribution in [3.8, 4) is 0 Å². The van der Waals surface area contributed by atoms with Crippen LogP contribution < -0.4 is 0 Å². The number of carbonyl (C=O) groups excluding carboxylic acids is 1. The number of carbonyl (C=O) groups is 1. The molecule has 1 aliphatic carbocycles. The van der Waals surface area contributed by atoms with Crippen molar-refractivity contribution in [1.82, 2.24) is 0 Å². The molecule has 0 radical (unpaired) electrons. The molecule has 2 aromatic rings. The van der Waals surface area contributed by atoms with Gasteiger partial charge in [-0.2, -0.15) is 0 Å². The molecule has 1 nitrogen and oxygen atoms in total. The lowest BCUT2D eigenvalue weighted by molar-refractivity contribution is 0.0989. The molecule has 3 rings (SSSR count). The van der Waals surface area contributed by atoms with Crippen LogP contribution in [0.1, 0.15) is 49.5 Å². The van der Waals surface area contributed by atoms with Crippen LogP contribution in [0.2, 0.25) is 0 Å². The minimum Gasteiger partial charge on any atom is -0.294 e. The molecule has 0 amide bonds. The molecule has 0 aromatic heterocycles. The fraction of sp³-hybridized carbons (Fsp3) is 0.250. The van der Waals surface area contributed by atoms with Crippen molar-refractivity contribution >= 4 is 22.1 Å². The molecular weight excluding hydrogens is 256 g/mol. The van der Waals surface area contributed by atoms with Crippen LogP contribution in [0.25, 0.3) is 16.3 Å². The van der Waals surface area contributed by atoms with Crippen LogP contribution in [-0.4, -0.2) is 5.78 Å². The molecule has 0 unspecified atom stereocenters. The van der Waals surface area contributed by atoms with Crippen LogP contribution in [0.4, 0.5) is 0 Å². The van der Waals surface area contributed by atoms with Gasteiger partial charge in [0.2, 0.25) is 0 Å². The van der Waals surface area contributed by atoms with Gasteiger partial charge in [-0.15, -0.1) is 0 Å². The first kappa shape index (κ1) is 13.8. The Morgan fingerprint density at radius 3 is 2.52 bits per heavy atom. The smallest absolute Gasteiger partial charge is 0.163 e. The third-order valence-electron chi connectivity index (χ3n) is 4.51. The molecule has 0 N–H and O–H groups in total. The van der Waals surface area contributed by atoms with Crippen molar-refractivity contribution in [3.05, 3.63) is 64.7 Å². The molecule has 0 bridgehead atoms. The highest BCUT2D eigenvalue weighted by Gasteiger charge is 2.20. The first-order valence-electron chi connectivity index (χ1n) is 7.55. The normalized spacial score (nSPS) is 14.7. The fourth-order valence-corrected chi connectivity index (χ4v) is 3.11. The second-order valence-electron chi connectivity index (χ2n) is 5.68. The number of allylic oxidation sites excluding steroid dienone is 4. The van der Waals surface area contributed by atoms with E-state index in [1.54, 1.807) is 0 Å². The van der Waals surface area contributed by atoms with Crippen LogP contribution in [0.5, 0.6) is 0 Å². The number of fused-ring (bicyclic) bond motifs is 1. The molecule has 106 valence electrons. The second kappa shape index (κ2) is 5.33. The van der Waals surface area contributed by atoms with Gasteiger partial charge < -0.3 is 0 Å². The quantitative estimate of drug-likeness (QED) is 0.671. The first-order chi connectivity index (χ1) is 10.1. The zero-order valence-corrected chi connectivity index (χ0v) is 12.9. The van der Waals surface area contributed by atoms with E-state index in [2.05, 4.69) is 44.2 Å². The summed E-state index contributed by atoms with van der Waals surface area (Å²) in [7, 11) is 0. The Kier molecular flexibility index (Phi) is 3.50. The Balaban J connectivity index is 2.31. The van der Waals surface area contributed by atoms with Crippen molar-refractivity contribution in [3.63, 3.8) is 0 Å². The molecule has 1 aliphatic rings. The summed E-state index contributed by atoms with van der Waals surface area (Å²) in [6.07, 6.45) is 3.72. The van der Waals surface area contributed by atoms with E-state index < -0.39 is 0 Å². The van der Waals surface area contributed by atoms with E-state index in [1.165, 1.54) is 16.7 Å². The number of ketones is 1. The first-order valence-corrected chi connectivity index (χ1v) is 7.55. The molecule has 0 saturated heterocycles. The van der Waals surface area contributed by atoms with Gasteiger partial charge >= 0.3 is 0 Å². The van der Waals surface area contributed by atoms with Crippen LogP contribution >= 0.6 is 0 Å². The Labute approximate surface area is 126 Å². The Morgan fingerprint density at radius 2 is 1.86 bits per heavy atom. The van der Waals surface area contributed by atoms with Gasteiger partial charge in [-0.05, 0) is 47.8 Å². The third kappa shape index (κ3) is 2.23. The number of benzene rings is 2. The van der Waals surface area contributed by atoms with E-state index in [0.29, 0.717) is 6.42 Å². The van der Waals surface area contributed by atoms with Crippen LogP contribution in [-0.2, 0) is 0 Å². The summed E-state index contributed by atoms with van der Waals surface area (Å²) >= 11 is 0. The van der Waals surface area contributed by atoms with Crippen molar-refractivity contribution in [2.24, 2.45) is 0 Å². The number of hydrogen-bond acceptors (Lipinski definition) is 1. The van der Waals surface area contributed by atoms with Crippen molar-refractivity contribution in [1.29, 1.82) is 0 Å². The Hall–Kier alpha value is -2.15. The van der Waals surface area contributed by atoms with Gasteiger partial charge in [0.25, 0.3) is 0 Å². The van der Waals surface area contributed by atoms with E-state index in [4.69, 9.17) is 0 Å². The van der Waals surface area contributed by atoms with Gasteiger partial charge in [-0.25, -0.2) is 0 Å². The second-order valence-corrected chi connectivity index (χ2v) is 5.68. The average molecular weight is 276 g/mol. The highest BCUT2D eigenvalue weighted by molar-refractivity contribution is 6.12. The Bertz CT molecular complexity index is 791. The highest BCUT2D eigenvalue weighted by Crippen LogP contribution is 2.37. The van der Waals surface area contributed by atoms with E-state index in [9.17, 15) is 4.79 Å². The highest BCUT2D eigenvalue weighted by atomic mass is 16.1. The molecule has 0 aliphatic heterocycles. The van der Waals surface area contributed by atoms with Crippen LogP contribution in [0, 0.1) is 0 Å². The summed E-state index contributed by atoms with van der Waals surface area (Å²) in [5.41, 5.74) is 5.96. The van der Waals surface area contributed by atoms with Gasteiger partial charge in [-0.3, -0.25) is 4.79 Å². The van der Waals surface area contributed by atoms with E-state index in [0.717, 1.165) is 28.3 Å². The van der Waals surface area contributed by atoms with Crippen molar-refractivity contribution in [2.45, 2.75) is 33.6 Å². The SMILES string of the molecule is CCC(=O)c1c(C2=C(C)C(C)=CC2)ccc2ccccc12. The molecule has 2 aromatic carbocycles. The predicted molar refractivity (Wildman–Crippen MR) is 89.5 cm³/mol. The van der Waals surface area contributed by atoms with Crippen molar-refractivity contribution in [2.75, 3.05) is 0 Å². The van der Waals surface area contributed by atoms with E-state index in [1.807, 2.05) is 19.1 Å². The molecule has 0 heterocycles. The molecule has 0 spiro atoms. The summed E-state index contributed by atoms with van der Waals surface area (Å²) in [5, 5.41) is 2.21. The summed E-state index contributed by atoms with van der Waals surface area (Å²) in [4.78, 5) is 12.6. The standard InChI is InChI=1S/C20H20O/c1-4-19(21)20-17-8-6-5-7-15(17)10-12-18(20)16-11-9-13(2)14(16)3/h5-10,12H,4,11H2,1-3H3. The van der Waals surface area contributed by atoms with Gasteiger partial charge in [0.1, 0.15) is 0 Å². The minimum atomic E-state index is 0.228. The van der Waals surface area contributed by atoms with Crippen LogP contribution in [0.15, 0.2) is 53.6 Å². The largest absolute Gasteiger partial charge is 0.294 e. The molecule has 0 atom stereocenters. The van der Waals surface area contributed by atoms with Gasteiger partial charge in [0.15, 0.2) is 5.78 Å². The van der Waals surface area contributed by atoms with Gasteiger partial charge in [0, 0.05) is 12.0 Å². The number of Topliss-reactive ketones (excluding diaryl/α,β-unsaturated/α-hetero) is 1. The van der Waals surface area contributed by atoms with Crippen molar-refractivity contribution < 1.29 is 4.79 Å². The zero-order valence-electron chi connectivity index (χ0n) is 12.9. The number of hydrogen-bond donors (Lipinski definition) is 0. The summed E-state index contributed by atoms with van der Waals surface area (Å²) in [6.45, 7) is 6.24.